The van der Waals surface area contributed by atoms with Crippen molar-refractivity contribution in [3.8, 4) is 11.4 Å². The standard InChI is InChI=1S/C16H17ClN6OS.HI/c1-10-9-25-14(21-10)8-20-16(18-2)19-7-13-22-15(23-24-13)11-3-5-12(17)6-4-11;/h3-6,9H,7-8H2,1-2H3,(H2,18,19,20);1H. The lowest BCUT2D eigenvalue weighted by Crippen LogP contribution is -2.36. The topological polar surface area (TPSA) is 88.2 Å². The molecule has 0 aliphatic heterocycles. The van der Waals surface area contributed by atoms with E-state index in [0.29, 0.717) is 35.8 Å². The van der Waals surface area contributed by atoms with E-state index in [1.807, 2.05) is 24.4 Å². The fourth-order valence-corrected chi connectivity index (χ4v) is 2.90. The maximum absolute atomic E-state index is 5.88. The molecule has 3 rings (SSSR count). The summed E-state index contributed by atoms with van der Waals surface area (Å²) in [6.45, 7) is 2.95. The number of hydrogen-bond acceptors (Lipinski definition) is 6. The van der Waals surface area contributed by atoms with Crippen LogP contribution < -0.4 is 10.6 Å². The third kappa shape index (κ3) is 5.64. The molecular weight excluding hydrogens is 487 g/mol. The number of benzene rings is 1. The number of nitrogens with one attached hydrogen (secondary N) is 2. The first-order valence-electron chi connectivity index (χ1n) is 7.58. The zero-order valence-electron chi connectivity index (χ0n) is 14.2. The fourth-order valence-electron chi connectivity index (χ4n) is 2.07. The van der Waals surface area contributed by atoms with Gasteiger partial charge < -0.3 is 15.2 Å². The first-order chi connectivity index (χ1) is 12.1. The van der Waals surface area contributed by atoms with E-state index in [9.17, 15) is 0 Å². The molecule has 0 atom stereocenters. The highest BCUT2D eigenvalue weighted by molar-refractivity contribution is 14.0. The maximum atomic E-state index is 5.88. The molecule has 0 spiro atoms. The van der Waals surface area contributed by atoms with Crippen LogP contribution in [0, 0.1) is 6.92 Å². The van der Waals surface area contributed by atoms with E-state index in [1.54, 1.807) is 30.5 Å². The molecule has 3 aromatic rings. The summed E-state index contributed by atoms with van der Waals surface area (Å²) in [5.74, 6) is 1.63. The van der Waals surface area contributed by atoms with Gasteiger partial charge >= 0.3 is 0 Å². The summed E-state index contributed by atoms with van der Waals surface area (Å²) in [4.78, 5) is 12.9. The monoisotopic (exact) mass is 504 g/mol. The highest BCUT2D eigenvalue weighted by Crippen LogP contribution is 2.18. The summed E-state index contributed by atoms with van der Waals surface area (Å²) in [6.07, 6.45) is 0. The van der Waals surface area contributed by atoms with Gasteiger partial charge in [0, 0.05) is 28.7 Å². The van der Waals surface area contributed by atoms with Gasteiger partial charge in [0.05, 0.1) is 13.1 Å². The Labute approximate surface area is 177 Å². The van der Waals surface area contributed by atoms with Crippen LogP contribution in [0.1, 0.15) is 16.6 Å². The van der Waals surface area contributed by atoms with E-state index in [2.05, 4.69) is 30.8 Å². The lowest BCUT2D eigenvalue weighted by atomic mass is 10.2. The molecule has 0 bridgehead atoms. The number of guanidine groups is 1. The van der Waals surface area contributed by atoms with E-state index >= 15 is 0 Å². The van der Waals surface area contributed by atoms with E-state index in [4.69, 9.17) is 16.1 Å². The molecule has 0 aliphatic rings. The Bertz CT molecular complexity index is 864. The average molecular weight is 505 g/mol. The highest BCUT2D eigenvalue weighted by atomic mass is 127. The Kier molecular flexibility index (Phi) is 7.79. The van der Waals surface area contributed by atoms with Crippen molar-refractivity contribution in [2.24, 2.45) is 4.99 Å². The van der Waals surface area contributed by atoms with Crippen LogP contribution in [-0.2, 0) is 13.1 Å². The van der Waals surface area contributed by atoms with Gasteiger partial charge in [-0.15, -0.1) is 35.3 Å². The van der Waals surface area contributed by atoms with Gasteiger partial charge in [-0.3, -0.25) is 4.99 Å². The third-order valence-electron chi connectivity index (χ3n) is 3.27. The molecule has 0 fully saturated rings. The normalized spacial score (nSPS) is 11.1. The molecular formula is C16H18ClIN6OS. The Morgan fingerprint density at radius 2 is 1.92 bits per heavy atom. The number of aryl methyl sites for hydroxylation is 1. The lowest BCUT2D eigenvalue weighted by Gasteiger charge is -2.08. The molecule has 7 nitrogen and oxygen atoms in total. The van der Waals surface area contributed by atoms with Gasteiger partial charge in [-0.2, -0.15) is 4.98 Å². The third-order valence-corrected chi connectivity index (χ3v) is 4.49. The molecule has 2 heterocycles. The number of aromatic nitrogens is 3. The summed E-state index contributed by atoms with van der Waals surface area (Å²) in [6, 6.07) is 7.27. The van der Waals surface area contributed by atoms with Crippen molar-refractivity contribution < 1.29 is 4.52 Å². The lowest BCUT2D eigenvalue weighted by molar-refractivity contribution is 0.375. The van der Waals surface area contributed by atoms with Gasteiger partial charge in [-0.25, -0.2) is 4.98 Å². The van der Waals surface area contributed by atoms with E-state index in [1.165, 1.54) is 0 Å². The Balaban J connectivity index is 0.00000243. The van der Waals surface area contributed by atoms with E-state index < -0.39 is 0 Å². The molecule has 0 unspecified atom stereocenters. The molecule has 0 radical (unpaired) electrons. The highest BCUT2D eigenvalue weighted by Gasteiger charge is 2.09. The predicted octanol–water partition coefficient (Wildman–Crippen LogP) is 3.64. The molecule has 26 heavy (non-hydrogen) atoms. The minimum atomic E-state index is 0. The van der Waals surface area contributed by atoms with Crippen LogP contribution in [-0.4, -0.2) is 28.1 Å². The van der Waals surface area contributed by atoms with Gasteiger partial charge in [0.2, 0.25) is 11.7 Å². The van der Waals surface area contributed by atoms with Crippen molar-refractivity contribution >= 4 is 52.9 Å². The van der Waals surface area contributed by atoms with E-state index in [-0.39, 0.29) is 24.0 Å². The largest absolute Gasteiger partial charge is 0.350 e. The van der Waals surface area contributed by atoms with Crippen molar-refractivity contribution in [1.82, 2.24) is 25.8 Å². The van der Waals surface area contributed by atoms with Crippen LogP contribution in [0.4, 0.5) is 0 Å². The summed E-state index contributed by atoms with van der Waals surface area (Å²) in [7, 11) is 1.70. The molecule has 0 amide bonds. The Morgan fingerprint density at radius 3 is 2.58 bits per heavy atom. The molecule has 1 aromatic carbocycles. The van der Waals surface area contributed by atoms with Crippen molar-refractivity contribution in [3.63, 3.8) is 0 Å². The second kappa shape index (κ2) is 9.83. The van der Waals surface area contributed by atoms with Crippen LogP contribution in [0.5, 0.6) is 0 Å². The Morgan fingerprint density at radius 1 is 1.19 bits per heavy atom. The number of nitrogens with zero attached hydrogens (tertiary/aromatic N) is 4. The van der Waals surface area contributed by atoms with Crippen molar-refractivity contribution in [2.75, 3.05) is 7.05 Å². The predicted molar refractivity (Wildman–Crippen MR) is 114 cm³/mol. The van der Waals surface area contributed by atoms with Crippen LogP contribution in [0.25, 0.3) is 11.4 Å². The molecule has 138 valence electrons. The summed E-state index contributed by atoms with van der Waals surface area (Å²) >= 11 is 7.49. The molecule has 0 saturated heterocycles. The maximum Gasteiger partial charge on any atom is 0.246 e. The summed E-state index contributed by atoms with van der Waals surface area (Å²) in [5, 5.41) is 14.0. The van der Waals surface area contributed by atoms with Crippen molar-refractivity contribution in [3.05, 3.63) is 51.3 Å². The average Bonchev–Trinajstić information content (AvgIpc) is 3.25. The summed E-state index contributed by atoms with van der Waals surface area (Å²) in [5.41, 5.74) is 1.87. The molecule has 10 heteroatoms. The second-order valence-corrected chi connectivity index (χ2v) is 6.56. The quantitative estimate of drug-likeness (QED) is 0.313. The van der Waals surface area contributed by atoms with Crippen LogP contribution >= 0.6 is 46.9 Å². The summed E-state index contributed by atoms with van der Waals surface area (Å²) < 4.78 is 5.26. The number of thiazole rings is 1. The first kappa shape index (κ1) is 20.6. The van der Waals surface area contributed by atoms with Gasteiger partial charge in [-0.1, -0.05) is 16.8 Å². The van der Waals surface area contributed by atoms with Crippen LogP contribution in [0.3, 0.4) is 0 Å². The van der Waals surface area contributed by atoms with Gasteiger partial charge in [0.15, 0.2) is 5.96 Å². The fraction of sp³-hybridized carbons (Fsp3) is 0.250. The van der Waals surface area contributed by atoms with Crippen molar-refractivity contribution in [2.45, 2.75) is 20.0 Å². The molecule has 0 aliphatic carbocycles. The minimum absolute atomic E-state index is 0. The number of rotatable bonds is 5. The van der Waals surface area contributed by atoms with Gasteiger partial charge in [0.25, 0.3) is 0 Å². The molecule has 2 N–H and O–H groups in total. The van der Waals surface area contributed by atoms with Gasteiger partial charge in [-0.05, 0) is 31.2 Å². The minimum Gasteiger partial charge on any atom is -0.350 e. The SMILES string of the molecule is CN=C(NCc1nc(-c2ccc(Cl)cc2)no1)NCc1nc(C)cs1.I. The van der Waals surface area contributed by atoms with Crippen molar-refractivity contribution in [1.29, 1.82) is 0 Å². The molecule has 2 aromatic heterocycles. The van der Waals surface area contributed by atoms with Crippen LogP contribution in [0.2, 0.25) is 5.02 Å². The van der Waals surface area contributed by atoms with E-state index in [0.717, 1.165) is 16.3 Å². The first-order valence-corrected chi connectivity index (χ1v) is 8.84. The molecule has 0 saturated carbocycles. The number of hydrogen-bond donors (Lipinski definition) is 2. The smallest absolute Gasteiger partial charge is 0.246 e. The second-order valence-electron chi connectivity index (χ2n) is 5.18. The van der Waals surface area contributed by atoms with Gasteiger partial charge in [0.1, 0.15) is 5.01 Å². The number of aliphatic imine (C=N–C) groups is 1. The van der Waals surface area contributed by atoms with Crippen LogP contribution in [0.15, 0.2) is 39.2 Å². The number of halogens is 2. The Hall–Kier alpha value is -1.72. The zero-order valence-corrected chi connectivity index (χ0v) is 18.1. The zero-order chi connectivity index (χ0) is 17.6.